The molecule has 0 rings (SSSR count). The highest BCUT2D eigenvalue weighted by Crippen LogP contribution is 2.18. The van der Waals surface area contributed by atoms with Crippen molar-refractivity contribution < 1.29 is 33.4 Å². The zero-order valence-electron chi connectivity index (χ0n) is 18.5. The Hall–Kier alpha value is -3.01. The number of hydrogen-bond acceptors (Lipinski definition) is 8. The second kappa shape index (κ2) is 11.9. The molecule has 0 bridgehead atoms. The average Bonchev–Trinajstić information content (AvgIpc) is 2.61. The van der Waals surface area contributed by atoms with Crippen LogP contribution >= 0.6 is 0 Å². The average molecular weight is 429 g/mol. The van der Waals surface area contributed by atoms with Crippen LogP contribution in [0.3, 0.4) is 0 Å². The number of esters is 2. The number of hydrogen-bond donors (Lipinski definition) is 2. The Balaban J connectivity index is 5.48. The molecule has 0 saturated carbocycles. The Kier molecular flexibility index (Phi) is 10.7. The van der Waals surface area contributed by atoms with Gasteiger partial charge in [0.25, 0.3) is 0 Å². The molecule has 0 aliphatic rings. The first kappa shape index (κ1) is 27.0. The van der Waals surface area contributed by atoms with Crippen LogP contribution in [0, 0.1) is 0 Å². The molecule has 0 heterocycles. The number of ether oxygens (including phenoxy) is 3. The summed E-state index contributed by atoms with van der Waals surface area (Å²) in [5, 5.41) is 8.46. The maximum absolute atomic E-state index is 12.8. The second-order valence-corrected chi connectivity index (χ2v) is 8.10. The molecule has 2 atom stereocenters. The molecule has 0 aromatic heterocycles. The number of carbonyl (C=O) groups excluding carboxylic acids is 4. The third-order valence-electron chi connectivity index (χ3n) is 3.69. The predicted octanol–water partition coefficient (Wildman–Crippen LogP) is 1.97. The first-order valence-corrected chi connectivity index (χ1v) is 9.25. The largest absolute Gasteiger partial charge is 0.469 e. The molecule has 2 amide bonds. The molecule has 30 heavy (non-hydrogen) atoms. The Morgan fingerprint density at radius 2 is 1.60 bits per heavy atom. The minimum absolute atomic E-state index is 0.0500. The van der Waals surface area contributed by atoms with Gasteiger partial charge in [0.2, 0.25) is 5.91 Å². The summed E-state index contributed by atoms with van der Waals surface area (Å²) in [4.78, 5) is 51.2. The van der Waals surface area contributed by atoms with E-state index in [1.807, 2.05) is 0 Å². The van der Waals surface area contributed by atoms with Crippen molar-refractivity contribution in [1.29, 1.82) is 0 Å². The van der Waals surface area contributed by atoms with Crippen molar-refractivity contribution in [3.63, 3.8) is 0 Å². The zero-order valence-corrected chi connectivity index (χ0v) is 18.5. The smallest absolute Gasteiger partial charge is 0.408 e. The Labute approximate surface area is 175 Å². The molecule has 0 aromatic rings. The van der Waals surface area contributed by atoms with E-state index >= 15 is 0 Å². The molecule has 12 heteroatoms. The summed E-state index contributed by atoms with van der Waals surface area (Å²) in [5.74, 6) is -2.07. The predicted molar refractivity (Wildman–Crippen MR) is 106 cm³/mol. The van der Waals surface area contributed by atoms with Crippen molar-refractivity contribution in [2.45, 2.75) is 77.1 Å². The Morgan fingerprint density at radius 3 is 2.07 bits per heavy atom. The summed E-state index contributed by atoms with van der Waals surface area (Å²) in [5.41, 5.74) is 6.86. The lowest BCUT2D eigenvalue weighted by atomic mass is 9.96. The number of rotatable bonds is 10. The molecule has 12 nitrogen and oxygen atoms in total. The summed E-state index contributed by atoms with van der Waals surface area (Å²) in [7, 11) is 2.35. The van der Waals surface area contributed by atoms with Crippen LogP contribution in [0.4, 0.5) is 4.79 Å². The van der Waals surface area contributed by atoms with E-state index in [2.05, 4.69) is 25.4 Å². The monoisotopic (exact) mass is 429 g/mol. The van der Waals surface area contributed by atoms with Crippen LogP contribution < -0.4 is 10.6 Å². The van der Waals surface area contributed by atoms with Gasteiger partial charge in [0, 0.05) is 16.9 Å². The zero-order chi connectivity index (χ0) is 23.5. The molecule has 0 radical (unpaired) electrons. The summed E-state index contributed by atoms with van der Waals surface area (Å²) >= 11 is 0. The van der Waals surface area contributed by atoms with E-state index in [9.17, 15) is 19.2 Å². The number of nitrogens with one attached hydrogen (secondary N) is 2. The lowest BCUT2D eigenvalue weighted by molar-refractivity contribution is -0.146. The normalized spacial score (nSPS) is 13.2. The summed E-state index contributed by atoms with van der Waals surface area (Å²) < 4.78 is 14.4. The molecule has 0 aliphatic heterocycles. The number of nitrogens with zero attached hydrogens (tertiary/aromatic N) is 3. The molecular formula is C18H31N5O7. The number of carbonyl (C=O) groups is 4. The summed E-state index contributed by atoms with van der Waals surface area (Å²) in [6.07, 6.45) is -1.16. The van der Waals surface area contributed by atoms with Gasteiger partial charge in [0.05, 0.1) is 14.2 Å². The van der Waals surface area contributed by atoms with Gasteiger partial charge >= 0.3 is 18.0 Å². The van der Waals surface area contributed by atoms with Crippen LogP contribution in [-0.2, 0) is 28.6 Å². The van der Waals surface area contributed by atoms with E-state index < -0.39 is 47.2 Å². The molecule has 0 fully saturated rings. The number of amides is 2. The van der Waals surface area contributed by atoms with Gasteiger partial charge in [-0.25, -0.2) is 9.59 Å². The maximum atomic E-state index is 12.8. The van der Waals surface area contributed by atoms with Gasteiger partial charge < -0.3 is 24.8 Å². The highest BCUT2D eigenvalue weighted by molar-refractivity contribution is 5.90. The first-order valence-electron chi connectivity index (χ1n) is 9.25. The number of azide groups is 1. The topological polar surface area (TPSA) is 169 Å². The molecule has 2 N–H and O–H groups in total. The van der Waals surface area contributed by atoms with E-state index in [4.69, 9.17) is 15.0 Å². The van der Waals surface area contributed by atoms with Crippen molar-refractivity contribution in [3.05, 3.63) is 10.4 Å². The van der Waals surface area contributed by atoms with Gasteiger partial charge in [-0.15, -0.1) is 0 Å². The van der Waals surface area contributed by atoms with E-state index in [-0.39, 0.29) is 19.3 Å². The van der Waals surface area contributed by atoms with Gasteiger partial charge in [0.1, 0.15) is 17.7 Å². The van der Waals surface area contributed by atoms with Gasteiger partial charge in [-0.1, -0.05) is 19.0 Å². The van der Waals surface area contributed by atoms with Crippen molar-refractivity contribution >= 4 is 23.9 Å². The van der Waals surface area contributed by atoms with Crippen LogP contribution in [0.15, 0.2) is 5.11 Å². The van der Waals surface area contributed by atoms with Crippen molar-refractivity contribution in [1.82, 2.24) is 10.6 Å². The summed E-state index contributed by atoms with van der Waals surface area (Å²) in [6, 6.07) is -2.34. The highest BCUT2D eigenvalue weighted by atomic mass is 16.6. The number of methoxy groups -OCH3 is 2. The van der Waals surface area contributed by atoms with Gasteiger partial charge in [-0.2, -0.15) is 0 Å². The van der Waals surface area contributed by atoms with E-state index in [0.29, 0.717) is 0 Å². The lowest BCUT2D eigenvalue weighted by Gasteiger charge is -2.27. The maximum Gasteiger partial charge on any atom is 0.408 e. The fraction of sp³-hybridized carbons (Fsp3) is 0.778. The standard InChI is InChI=1S/C18H31N5O7/c1-17(2,3)30-16(27)21-11(8-9-13(24)28-6)14(25)20-12(15(26)29-7)10-18(4,5)22-23-19/h11-12H,8-10H2,1-7H3,(H,20,25)(H,21,27)/t11-,12-/m0/s1. The van der Waals surface area contributed by atoms with Gasteiger partial charge in [0.15, 0.2) is 0 Å². The molecule has 0 spiro atoms. The van der Waals surface area contributed by atoms with Crippen LogP contribution in [0.25, 0.3) is 10.4 Å². The molecule has 0 aliphatic carbocycles. The van der Waals surface area contributed by atoms with Crippen molar-refractivity contribution in [2.24, 2.45) is 5.11 Å². The minimum Gasteiger partial charge on any atom is -0.469 e. The Morgan fingerprint density at radius 1 is 1.00 bits per heavy atom. The van der Waals surface area contributed by atoms with Crippen LogP contribution in [0.1, 0.15) is 53.9 Å². The van der Waals surface area contributed by atoms with Crippen LogP contribution in [0.2, 0.25) is 0 Å². The van der Waals surface area contributed by atoms with Crippen molar-refractivity contribution in [3.8, 4) is 0 Å². The van der Waals surface area contributed by atoms with Crippen LogP contribution in [0.5, 0.6) is 0 Å². The van der Waals surface area contributed by atoms with E-state index in [0.717, 1.165) is 7.11 Å². The minimum atomic E-state index is -1.19. The quantitative estimate of drug-likeness (QED) is 0.176. The highest BCUT2D eigenvalue weighted by Gasteiger charge is 2.32. The molecule has 0 unspecified atom stereocenters. The SMILES string of the molecule is COC(=O)CC[C@H](NC(=O)OC(C)(C)C)C(=O)N[C@@H](CC(C)(C)N=[N+]=[N-])C(=O)OC. The van der Waals surface area contributed by atoms with Gasteiger partial charge in [-0.3, -0.25) is 9.59 Å². The van der Waals surface area contributed by atoms with E-state index in [1.54, 1.807) is 34.6 Å². The van der Waals surface area contributed by atoms with E-state index in [1.165, 1.54) is 7.11 Å². The molecule has 170 valence electrons. The third kappa shape index (κ3) is 11.1. The van der Waals surface area contributed by atoms with Gasteiger partial charge in [-0.05, 0) is 39.1 Å². The first-order chi connectivity index (χ1) is 13.7. The fourth-order valence-electron chi connectivity index (χ4n) is 2.35. The van der Waals surface area contributed by atoms with Crippen molar-refractivity contribution in [2.75, 3.05) is 14.2 Å². The second-order valence-electron chi connectivity index (χ2n) is 8.10. The molecule has 0 aromatic carbocycles. The van der Waals surface area contributed by atoms with Crippen LogP contribution in [-0.4, -0.2) is 61.4 Å². The number of alkyl carbamates (subject to hydrolysis) is 1. The lowest BCUT2D eigenvalue weighted by Crippen LogP contribution is -2.53. The third-order valence-corrected chi connectivity index (χ3v) is 3.69. The molecule has 0 saturated heterocycles. The Bertz CT molecular complexity index is 681. The fourth-order valence-corrected chi connectivity index (χ4v) is 2.35. The molecular weight excluding hydrogens is 398 g/mol. The summed E-state index contributed by atoms with van der Waals surface area (Å²) in [6.45, 7) is 8.13.